The predicted molar refractivity (Wildman–Crippen MR) is 134 cm³/mol. The van der Waals surface area contributed by atoms with Crippen molar-refractivity contribution in [3.8, 4) is 29.7 Å². The number of rotatable bonds is 5. The van der Waals surface area contributed by atoms with Crippen molar-refractivity contribution in [3.05, 3.63) is 113 Å². The molecular weight excluding hydrogens is 436 g/mol. The van der Waals surface area contributed by atoms with Gasteiger partial charge in [0.25, 0.3) is 0 Å². The monoisotopic (exact) mass is 454 g/mol. The van der Waals surface area contributed by atoms with Crippen LogP contribution in [-0.4, -0.2) is 10.2 Å². The van der Waals surface area contributed by atoms with E-state index in [0.29, 0.717) is 5.56 Å². The molecule has 166 valence electrons. The van der Waals surface area contributed by atoms with Crippen molar-refractivity contribution >= 4 is 29.2 Å². The molecular formula is C29H18N4O2. The summed E-state index contributed by atoms with van der Waals surface area (Å²) in [4.78, 5) is 1.98. The van der Waals surface area contributed by atoms with Gasteiger partial charge in [0.05, 0.1) is 34.9 Å². The Morgan fingerprint density at radius 2 is 1.00 bits per heavy atom. The van der Waals surface area contributed by atoms with E-state index in [-0.39, 0.29) is 28.2 Å². The van der Waals surface area contributed by atoms with Crippen molar-refractivity contribution in [1.82, 2.24) is 0 Å². The molecule has 0 amide bonds. The Hall–Kier alpha value is -5.51. The Morgan fingerprint density at radius 3 is 1.40 bits per heavy atom. The van der Waals surface area contributed by atoms with Gasteiger partial charge >= 0.3 is 0 Å². The fourth-order valence-electron chi connectivity index (χ4n) is 3.65. The smallest absolute Gasteiger partial charge is 0.115 e. The van der Waals surface area contributed by atoms with Gasteiger partial charge in [0.2, 0.25) is 0 Å². The molecule has 2 N–H and O–H groups in total. The van der Waals surface area contributed by atoms with Gasteiger partial charge in [0, 0.05) is 22.6 Å². The van der Waals surface area contributed by atoms with Crippen LogP contribution in [0.2, 0.25) is 0 Å². The van der Waals surface area contributed by atoms with Crippen LogP contribution in [0.15, 0.2) is 84.9 Å². The summed E-state index contributed by atoms with van der Waals surface area (Å²) in [5.41, 5.74) is 4.61. The maximum absolute atomic E-state index is 9.69. The highest BCUT2D eigenvalue weighted by Gasteiger charge is 2.13. The van der Waals surface area contributed by atoms with E-state index >= 15 is 0 Å². The first-order valence-electron chi connectivity index (χ1n) is 10.6. The van der Waals surface area contributed by atoms with Crippen LogP contribution in [0.25, 0.3) is 12.2 Å². The second kappa shape index (κ2) is 9.96. The second-order valence-electron chi connectivity index (χ2n) is 7.61. The lowest BCUT2D eigenvalue weighted by Gasteiger charge is -2.25. The molecule has 0 radical (unpaired) electrons. The standard InChI is InChI=1S/C29H18N4O2/c30-17-21-15-22(18-31)29(23(16-21)19-32)14-3-20-1-4-24(5-2-20)33(25-6-10-27(34)11-7-25)26-8-12-28(35)13-9-26/h1-16,34-35H. The highest BCUT2D eigenvalue weighted by molar-refractivity contribution is 5.80. The van der Waals surface area contributed by atoms with Gasteiger partial charge in [0.1, 0.15) is 11.5 Å². The molecule has 0 aliphatic carbocycles. The van der Waals surface area contributed by atoms with Crippen molar-refractivity contribution < 1.29 is 10.2 Å². The Labute approximate surface area is 202 Å². The SMILES string of the molecule is N#Cc1cc(C#N)c(C=Cc2ccc(N(c3ccc(O)cc3)c3ccc(O)cc3)cc2)c(C#N)c1. The van der Waals surface area contributed by atoms with E-state index in [9.17, 15) is 20.7 Å². The number of hydrogen-bond donors (Lipinski definition) is 2. The molecule has 6 nitrogen and oxygen atoms in total. The van der Waals surface area contributed by atoms with Gasteiger partial charge in [-0.05, 0) is 78.4 Å². The molecule has 6 heteroatoms. The third-order valence-electron chi connectivity index (χ3n) is 5.36. The zero-order valence-electron chi connectivity index (χ0n) is 18.4. The first-order chi connectivity index (χ1) is 17.0. The van der Waals surface area contributed by atoms with Crippen LogP contribution in [0.4, 0.5) is 17.1 Å². The molecule has 0 aliphatic heterocycles. The second-order valence-corrected chi connectivity index (χ2v) is 7.61. The fraction of sp³-hybridized carbons (Fsp3) is 0. The minimum Gasteiger partial charge on any atom is -0.508 e. The molecule has 0 saturated heterocycles. The highest BCUT2D eigenvalue weighted by Crippen LogP contribution is 2.36. The van der Waals surface area contributed by atoms with Crippen LogP contribution in [0.1, 0.15) is 27.8 Å². The van der Waals surface area contributed by atoms with Crippen molar-refractivity contribution in [3.63, 3.8) is 0 Å². The van der Waals surface area contributed by atoms with Crippen molar-refractivity contribution in [1.29, 1.82) is 15.8 Å². The van der Waals surface area contributed by atoms with Gasteiger partial charge < -0.3 is 15.1 Å². The zero-order chi connectivity index (χ0) is 24.8. The van der Waals surface area contributed by atoms with E-state index in [2.05, 4.69) is 12.1 Å². The average Bonchev–Trinajstić information content (AvgIpc) is 2.90. The summed E-state index contributed by atoms with van der Waals surface area (Å²) in [7, 11) is 0. The van der Waals surface area contributed by atoms with Gasteiger partial charge in [-0.2, -0.15) is 15.8 Å². The number of phenolic OH excluding ortho intramolecular Hbond substituents is 2. The molecule has 4 aromatic carbocycles. The molecule has 0 bridgehead atoms. The molecule has 4 rings (SSSR count). The minimum atomic E-state index is 0.163. The van der Waals surface area contributed by atoms with Crippen LogP contribution in [-0.2, 0) is 0 Å². The van der Waals surface area contributed by atoms with E-state index in [1.807, 2.05) is 35.2 Å². The predicted octanol–water partition coefficient (Wildman–Crippen LogP) is 6.35. The molecule has 0 atom stereocenters. The molecule has 35 heavy (non-hydrogen) atoms. The number of benzene rings is 4. The lowest BCUT2D eigenvalue weighted by molar-refractivity contribution is 0.475. The number of nitriles is 3. The number of anilines is 3. The Morgan fingerprint density at radius 1 is 0.571 bits per heavy atom. The summed E-state index contributed by atoms with van der Waals surface area (Å²) < 4.78 is 0. The van der Waals surface area contributed by atoms with Gasteiger partial charge in [0.15, 0.2) is 0 Å². The van der Waals surface area contributed by atoms with Gasteiger partial charge in [-0.1, -0.05) is 24.3 Å². The quantitative estimate of drug-likeness (QED) is 0.339. The first kappa shape index (κ1) is 22.7. The summed E-state index contributed by atoms with van der Waals surface area (Å²) in [6.07, 6.45) is 3.50. The largest absolute Gasteiger partial charge is 0.508 e. The van der Waals surface area contributed by atoms with E-state index in [0.717, 1.165) is 22.6 Å². The molecule has 0 spiro atoms. The molecule has 4 aromatic rings. The fourth-order valence-corrected chi connectivity index (χ4v) is 3.65. The van der Waals surface area contributed by atoms with Crippen LogP contribution in [0.5, 0.6) is 11.5 Å². The molecule has 0 fully saturated rings. The number of phenols is 2. The Bertz CT molecular complexity index is 1440. The maximum atomic E-state index is 9.69. The van der Waals surface area contributed by atoms with Gasteiger partial charge in [-0.25, -0.2) is 0 Å². The van der Waals surface area contributed by atoms with Gasteiger partial charge in [-0.15, -0.1) is 0 Å². The molecule has 0 unspecified atom stereocenters. The van der Waals surface area contributed by atoms with Gasteiger partial charge in [-0.3, -0.25) is 0 Å². The maximum Gasteiger partial charge on any atom is 0.115 e. The third-order valence-corrected chi connectivity index (χ3v) is 5.36. The highest BCUT2D eigenvalue weighted by atomic mass is 16.3. The lowest BCUT2D eigenvalue weighted by atomic mass is 9.98. The van der Waals surface area contributed by atoms with Crippen molar-refractivity contribution in [2.45, 2.75) is 0 Å². The first-order valence-corrected chi connectivity index (χ1v) is 10.6. The topological polar surface area (TPSA) is 115 Å². The van der Waals surface area contributed by atoms with Crippen LogP contribution in [0.3, 0.4) is 0 Å². The van der Waals surface area contributed by atoms with E-state index in [1.54, 1.807) is 60.7 Å². The molecule has 0 saturated carbocycles. The third kappa shape index (κ3) is 4.96. The summed E-state index contributed by atoms with van der Waals surface area (Å²) in [5, 5.41) is 47.4. The Balaban J connectivity index is 1.69. The summed E-state index contributed by atoms with van der Waals surface area (Å²) in [6, 6.07) is 30.3. The van der Waals surface area contributed by atoms with Crippen LogP contribution in [0, 0.1) is 34.0 Å². The molecule has 0 aromatic heterocycles. The normalized spacial score (nSPS) is 10.3. The summed E-state index contributed by atoms with van der Waals surface area (Å²) >= 11 is 0. The van der Waals surface area contributed by atoms with E-state index in [4.69, 9.17) is 5.26 Å². The lowest BCUT2D eigenvalue weighted by Crippen LogP contribution is -2.09. The number of hydrogen-bond acceptors (Lipinski definition) is 6. The minimum absolute atomic E-state index is 0.163. The Kier molecular flexibility index (Phi) is 6.45. The van der Waals surface area contributed by atoms with E-state index in [1.165, 1.54) is 12.1 Å². The van der Waals surface area contributed by atoms with Crippen LogP contribution >= 0.6 is 0 Å². The van der Waals surface area contributed by atoms with Crippen molar-refractivity contribution in [2.24, 2.45) is 0 Å². The van der Waals surface area contributed by atoms with Crippen LogP contribution < -0.4 is 4.90 Å². The summed E-state index contributed by atoms with van der Waals surface area (Å²) in [5.74, 6) is 0.326. The zero-order valence-corrected chi connectivity index (χ0v) is 18.4. The summed E-state index contributed by atoms with van der Waals surface area (Å²) in [6.45, 7) is 0. The number of aromatic hydroxyl groups is 2. The number of nitrogens with zero attached hydrogens (tertiary/aromatic N) is 4. The van der Waals surface area contributed by atoms with E-state index < -0.39 is 0 Å². The van der Waals surface area contributed by atoms with Crippen molar-refractivity contribution in [2.75, 3.05) is 4.90 Å². The molecule has 0 heterocycles. The average molecular weight is 454 g/mol. The molecule has 0 aliphatic rings.